The van der Waals surface area contributed by atoms with Gasteiger partial charge in [0, 0.05) is 37.0 Å². The second-order valence-corrected chi connectivity index (χ2v) is 8.47. The summed E-state index contributed by atoms with van der Waals surface area (Å²) in [5.74, 6) is 1.09. The molecule has 0 unspecified atom stereocenters. The highest BCUT2D eigenvalue weighted by Gasteiger charge is 2.30. The van der Waals surface area contributed by atoms with Gasteiger partial charge in [-0.15, -0.1) is 0 Å². The minimum atomic E-state index is -0.119. The quantitative estimate of drug-likeness (QED) is 0.538. The van der Waals surface area contributed by atoms with E-state index in [2.05, 4.69) is 41.5 Å². The van der Waals surface area contributed by atoms with E-state index < -0.39 is 0 Å². The Morgan fingerprint density at radius 1 is 1.00 bits per heavy atom. The van der Waals surface area contributed by atoms with E-state index in [1.165, 1.54) is 16.2 Å². The van der Waals surface area contributed by atoms with Crippen molar-refractivity contribution in [1.29, 1.82) is 0 Å². The van der Waals surface area contributed by atoms with Gasteiger partial charge in [-0.05, 0) is 24.3 Å². The average molecular weight is 429 g/mol. The molecule has 1 aliphatic rings. The molecular formula is C24H36N4O3+2. The van der Waals surface area contributed by atoms with Crippen LogP contribution in [0.3, 0.4) is 0 Å². The molecule has 1 saturated heterocycles. The highest BCUT2D eigenvalue weighted by Crippen LogP contribution is 2.22. The molecule has 1 aliphatic heterocycles. The zero-order chi connectivity index (χ0) is 22.4. The zero-order valence-corrected chi connectivity index (χ0v) is 19.3. The molecule has 0 spiro atoms. The standard InChI is InChI=1S/C24H34N4O3/c1-26(2)20-8-6-18(7-9-20)23(28-12-10-27(3)11-13-28)17-25-24(29)19-14-21(30-4)16-22(15-19)31-5/h6-9,14-16,23H,10-13,17H2,1-5H3,(H,25,29)/p+2/t23-/m0/s1. The molecule has 1 amide bonds. The van der Waals surface area contributed by atoms with Crippen LogP contribution in [0.5, 0.6) is 11.5 Å². The van der Waals surface area contributed by atoms with E-state index in [1.54, 1.807) is 37.3 Å². The Balaban J connectivity index is 1.77. The second kappa shape index (κ2) is 10.5. The van der Waals surface area contributed by atoms with Gasteiger partial charge in [0.2, 0.25) is 0 Å². The number of nitrogens with one attached hydrogen (secondary N) is 3. The van der Waals surface area contributed by atoms with Crippen molar-refractivity contribution in [3.63, 3.8) is 0 Å². The number of methoxy groups -OCH3 is 2. The molecule has 3 N–H and O–H groups in total. The van der Waals surface area contributed by atoms with Crippen LogP contribution in [0.2, 0.25) is 0 Å². The van der Waals surface area contributed by atoms with Gasteiger partial charge in [0.1, 0.15) is 43.7 Å². The summed E-state index contributed by atoms with van der Waals surface area (Å²) < 4.78 is 10.6. The van der Waals surface area contributed by atoms with Gasteiger partial charge in [0.05, 0.1) is 27.8 Å². The Kier molecular flexibility index (Phi) is 7.76. The summed E-state index contributed by atoms with van der Waals surface area (Å²) in [6, 6.07) is 14.1. The van der Waals surface area contributed by atoms with Gasteiger partial charge in [0.25, 0.3) is 5.91 Å². The number of hydrogen-bond acceptors (Lipinski definition) is 4. The first-order valence-corrected chi connectivity index (χ1v) is 10.9. The lowest BCUT2D eigenvalue weighted by Gasteiger charge is -2.33. The lowest BCUT2D eigenvalue weighted by molar-refractivity contribution is -1.02. The number of benzene rings is 2. The largest absolute Gasteiger partial charge is 0.497 e. The molecule has 1 fully saturated rings. The molecule has 2 aromatic rings. The summed E-state index contributed by atoms with van der Waals surface area (Å²) in [5.41, 5.74) is 2.97. The Bertz CT molecular complexity index is 839. The number of carbonyl (C=O) groups is 1. The monoisotopic (exact) mass is 428 g/mol. The van der Waals surface area contributed by atoms with Crippen molar-refractivity contribution < 1.29 is 24.1 Å². The molecule has 0 radical (unpaired) electrons. The molecule has 31 heavy (non-hydrogen) atoms. The average Bonchev–Trinajstić information content (AvgIpc) is 2.80. The Labute approximate surface area is 185 Å². The number of rotatable bonds is 8. The number of anilines is 1. The van der Waals surface area contributed by atoms with Crippen molar-refractivity contribution in [3.8, 4) is 11.5 Å². The van der Waals surface area contributed by atoms with Crippen molar-refractivity contribution in [2.75, 3.05) is 73.0 Å². The number of piperazine rings is 1. The van der Waals surface area contributed by atoms with Crippen molar-refractivity contribution in [2.24, 2.45) is 0 Å². The molecule has 0 aromatic heterocycles. The molecule has 3 rings (SSSR count). The van der Waals surface area contributed by atoms with Gasteiger partial charge >= 0.3 is 0 Å². The summed E-state index contributed by atoms with van der Waals surface area (Å²) in [4.78, 5) is 18.1. The van der Waals surface area contributed by atoms with E-state index in [4.69, 9.17) is 9.47 Å². The zero-order valence-electron chi connectivity index (χ0n) is 19.3. The van der Waals surface area contributed by atoms with Crippen LogP contribution in [0.4, 0.5) is 5.69 Å². The third-order valence-corrected chi connectivity index (χ3v) is 6.13. The summed E-state index contributed by atoms with van der Waals surface area (Å²) in [5, 5.41) is 3.16. The highest BCUT2D eigenvalue weighted by atomic mass is 16.5. The normalized spacial score (nSPS) is 19.4. The fourth-order valence-corrected chi connectivity index (χ4v) is 4.08. The van der Waals surface area contributed by atoms with E-state index in [0.717, 1.165) is 26.2 Å². The maximum absolute atomic E-state index is 13.0. The maximum atomic E-state index is 13.0. The number of likely N-dealkylation sites (N-methyl/N-ethyl adjacent to an activating group) is 1. The summed E-state index contributed by atoms with van der Waals surface area (Å²) in [7, 11) is 9.51. The van der Waals surface area contributed by atoms with E-state index in [-0.39, 0.29) is 11.9 Å². The molecule has 168 valence electrons. The van der Waals surface area contributed by atoms with Crippen molar-refractivity contribution in [3.05, 3.63) is 53.6 Å². The van der Waals surface area contributed by atoms with Crippen LogP contribution in [-0.4, -0.2) is 74.0 Å². The van der Waals surface area contributed by atoms with Crippen molar-refractivity contribution >= 4 is 11.6 Å². The number of ether oxygens (including phenoxy) is 2. The molecule has 7 heteroatoms. The molecule has 1 heterocycles. The first-order chi connectivity index (χ1) is 14.9. The Morgan fingerprint density at radius 3 is 2.10 bits per heavy atom. The molecule has 0 bridgehead atoms. The SMILES string of the molecule is COc1cc(OC)cc(C(=O)NC[C@@H](c2ccc(N(C)C)cc2)[NH+]2CC[NH+](C)CC2)c1. The predicted molar refractivity (Wildman–Crippen MR) is 123 cm³/mol. The molecule has 1 atom stereocenters. The molecule has 7 nitrogen and oxygen atoms in total. The van der Waals surface area contributed by atoms with Crippen LogP contribution >= 0.6 is 0 Å². The van der Waals surface area contributed by atoms with Crippen LogP contribution in [0.15, 0.2) is 42.5 Å². The van der Waals surface area contributed by atoms with Crippen LogP contribution in [0.1, 0.15) is 22.0 Å². The van der Waals surface area contributed by atoms with Crippen LogP contribution in [-0.2, 0) is 0 Å². The topological polar surface area (TPSA) is 59.7 Å². The molecule has 0 aliphatic carbocycles. The Hall–Kier alpha value is -2.77. The van der Waals surface area contributed by atoms with Gasteiger partial charge in [-0.2, -0.15) is 0 Å². The molecular weight excluding hydrogens is 392 g/mol. The van der Waals surface area contributed by atoms with E-state index in [1.807, 2.05) is 14.1 Å². The van der Waals surface area contributed by atoms with E-state index >= 15 is 0 Å². The number of amides is 1. The third kappa shape index (κ3) is 5.89. The Morgan fingerprint density at radius 2 is 1.58 bits per heavy atom. The lowest BCUT2D eigenvalue weighted by atomic mass is 10.0. The lowest BCUT2D eigenvalue weighted by Crippen LogP contribution is -3.27. The number of hydrogen-bond donors (Lipinski definition) is 3. The molecule has 2 aromatic carbocycles. The maximum Gasteiger partial charge on any atom is 0.251 e. The third-order valence-electron chi connectivity index (χ3n) is 6.13. The number of quaternary nitrogens is 2. The minimum absolute atomic E-state index is 0.119. The van der Waals surface area contributed by atoms with E-state index in [9.17, 15) is 4.79 Å². The predicted octanol–water partition coefficient (Wildman–Crippen LogP) is -0.346. The van der Waals surface area contributed by atoms with Gasteiger partial charge in [-0.25, -0.2) is 0 Å². The van der Waals surface area contributed by atoms with Gasteiger partial charge in [0.15, 0.2) is 0 Å². The first-order valence-electron chi connectivity index (χ1n) is 10.9. The fourth-order valence-electron chi connectivity index (χ4n) is 4.08. The second-order valence-electron chi connectivity index (χ2n) is 8.47. The minimum Gasteiger partial charge on any atom is -0.497 e. The van der Waals surface area contributed by atoms with Gasteiger partial charge < -0.3 is 29.5 Å². The van der Waals surface area contributed by atoms with Crippen LogP contribution in [0, 0.1) is 0 Å². The van der Waals surface area contributed by atoms with Crippen molar-refractivity contribution in [1.82, 2.24) is 5.32 Å². The fraction of sp³-hybridized carbons (Fsp3) is 0.458. The summed E-state index contributed by atoms with van der Waals surface area (Å²) in [6.07, 6.45) is 0. The molecule has 0 saturated carbocycles. The van der Waals surface area contributed by atoms with Crippen LogP contribution < -0.4 is 29.5 Å². The van der Waals surface area contributed by atoms with E-state index in [0.29, 0.717) is 23.6 Å². The number of carbonyl (C=O) groups excluding carboxylic acids is 1. The smallest absolute Gasteiger partial charge is 0.251 e. The van der Waals surface area contributed by atoms with Crippen molar-refractivity contribution in [2.45, 2.75) is 6.04 Å². The number of nitrogens with zero attached hydrogens (tertiary/aromatic N) is 1. The van der Waals surface area contributed by atoms with Crippen LogP contribution in [0.25, 0.3) is 0 Å². The summed E-state index contributed by atoms with van der Waals surface area (Å²) >= 11 is 0. The highest BCUT2D eigenvalue weighted by molar-refractivity contribution is 5.95. The van der Waals surface area contributed by atoms with Gasteiger partial charge in [-0.3, -0.25) is 4.79 Å². The summed E-state index contributed by atoms with van der Waals surface area (Å²) in [6.45, 7) is 5.04. The first kappa shape index (κ1) is 22.9. The van der Waals surface area contributed by atoms with Gasteiger partial charge in [-0.1, -0.05) is 12.1 Å².